The van der Waals surface area contributed by atoms with E-state index in [-0.39, 0.29) is 11.4 Å². The summed E-state index contributed by atoms with van der Waals surface area (Å²) in [6.07, 6.45) is 2.74. The fourth-order valence-corrected chi connectivity index (χ4v) is 2.15. The molecule has 0 aromatic carbocycles. The molecule has 0 spiro atoms. The topological polar surface area (TPSA) is 41.6 Å². The number of carbonyl (C=O) groups excluding carboxylic acids is 1. The van der Waals surface area contributed by atoms with E-state index in [1.165, 1.54) is 0 Å². The van der Waals surface area contributed by atoms with Gasteiger partial charge in [0.25, 0.3) is 0 Å². The summed E-state index contributed by atoms with van der Waals surface area (Å²) in [7, 11) is 1.91. The van der Waals surface area contributed by atoms with Gasteiger partial charge in [0, 0.05) is 45.3 Å². The summed E-state index contributed by atoms with van der Waals surface area (Å²) in [4.78, 5) is 13.8. The number of amides is 1. The number of carbonyl (C=O) groups is 1. The Labute approximate surface area is 111 Å². The van der Waals surface area contributed by atoms with E-state index in [0.717, 1.165) is 39.1 Å². The molecular formula is C14H28N2O2. The van der Waals surface area contributed by atoms with Crippen LogP contribution in [0.15, 0.2) is 0 Å². The highest BCUT2D eigenvalue weighted by Gasteiger charge is 2.18. The Morgan fingerprint density at radius 1 is 1.33 bits per heavy atom. The van der Waals surface area contributed by atoms with Crippen LogP contribution in [0.5, 0.6) is 0 Å². The van der Waals surface area contributed by atoms with Crippen LogP contribution in [0, 0.1) is 5.92 Å². The average Bonchev–Trinajstić information content (AvgIpc) is 2.28. The van der Waals surface area contributed by atoms with E-state index in [2.05, 4.69) is 26.1 Å². The van der Waals surface area contributed by atoms with Crippen molar-refractivity contribution in [3.63, 3.8) is 0 Å². The van der Waals surface area contributed by atoms with E-state index in [4.69, 9.17) is 4.74 Å². The minimum atomic E-state index is 0.0829. The highest BCUT2D eigenvalue weighted by atomic mass is 16.5. The van der Waals surface area contributed by atoms with Gasteiger partial charge in [0.05, 0.1) is 0 Å². The molecule has 1 N–H and O–H groups in total. The molecule has 0 saturated carbocycles. The molecule has 1 amide bonds. The molecule has 0 aliphatic carbocycles. The first-order valence-electron chi connectivity index (χ1n) is 6.95. The third kappa shape index (κ3) is 6.36. The maximum absolute atomic E-state index is 12.0. The van der Waals surface area contributed by atoms with Crippen LogP contribution in [0.2, 0.25) is 0 Å². The molecule has 1 aliphatic heterocycles. The van der Waals surface area contributed by atoms with Crippen LogP contribution in [0.25, 0.3) is 0 Å². The van der Waals surface area contributed by atoms with E-state index < -0.39 is 0 Å². The Hall–Kier alpha value is -0.610. The van der Waals surface area contributed by atoms with Crippen molar-refractivity contribution in [2.75, 3.05) is 33.4 Å². The molecule has 4 heteroatoms. The lowest BCUT2D eigenvalue weighted by Crippen LogP contribution is -2.40. The highest BCUT2D eigenvalue weighted by Crippen LogP contribution is 2.15. The van der Waals surface area contributed by atoms with Gasteiger partial charge in [-0.1, -0.05) is 0 Å². The van der Waals surface area contributed by atoms with Gasteiger partial charge in [0.2, 0.25) is 5.91 Å². The Morgan fingerprint density at radius 3 is 2.50 bits per heavy atom. The second-order valence-electron chi connectivity index (χ2n) is 6.26. The predicted octanol–water partition coefficient (Wildman–Crippen LogP) is 1.65. The molecule has 1 heterocycles. The SMILES string of the molecule is CN(CC1CCOCC1)C(=O)CCNC(C)(C)C. The van der Waals surface area contributed by atoms with Gasteiger partial charge in [-0.2, -0.15) is 0 Å². The molecule has 0 bridgehead atoms. The Balaban J connectivity index is 2.19. The molecule has 1 fully saturated rings. The maximum atomic E-state index is 12.0. The van der Waals surface area contributed by atoms with Gasteiger partial charge in [-0.05, 0) is 39.5 Å². The maximum Gasteiger partial charge on any atom is 0.223 e. The first kappa shape index (κ1) is 15.4. The fourth-order valence-electron chi connectivity index (χ4n) is 2.15. The smallest absolute Gasteiger partial charge is 0.223 e. The van der Waals surface area contributed by atoms with E-state index in [0.29, 0.717) is 12.3 Å². The molecule has 4 nitrogen and oxygen atoms in total. The normalized spacial score (nSPS) is 17.8. The zero-order chi connectivity index (χ0) is 13.6. The second kappa shape index (κ2) is 7.10. The average molecular weight is 256 g/mol. The van der Waals surface area contributed by atoms with Gasteiger partial charge >= 0.3 is 0 Å². The van der Waals surface area contributed by atoms with Crippen LogP contribution >= 0.6 is 0 Å². The van der Waals surface area contributed by atoms with Crippen molar-refractivity contribution in [3.05, 3.63) is 0 Å². The third-order valence-corrected chi connectivity index (χ3v) is 3.29. The molecule has 18 heavy (non-hydrogen) atoms. The molecular weight excluding hydrogens is 228 g/mol. The lowest BCUT2D eigenvalue weighted by Gasteiger charge is -2.27. The molecule has 0 atom stereocenters. The van der Waals surface area contributed by atoms with Gasteiger partial charge in [0.1, 0.15) is 0 Å². The van der Waals surface area contributed by atoms with Crippen LogP contribution in [0.4, 0.5) is 0 Å². The molecule has 106 valence electrons. The molecule has 1 rings (SSSR count). The van der Waals surface area contributed by atoms with Crippen LogP contribution in [-0.2, 0) is 9.53 Å². The van der Waals surface area contributed by atoms with E-state index in [1.54, 1.807) is 0 Å². The number of hydrogen-bond donors (Lipinski definition) is 1. The van der Waals surface area contributed by atoms with Crippen molar-refractivity contribution in [2.24, 2.45) is 5.92 Å². The van der Waals surface area contributed by atoms with Gasteiger partial charge in [-0.3, -0.25) is 4.79 Å². The number of nitrogens with zero attached hydrogens (tertiary/aromatic N) is 1. The van der Waals surface area contributed by atoms with E-state index in [1.807, 2.05) is 11.9 Å². The summed E-state index contributed by atoms with van der Waals surface area (Å²) in [5.41, 5.74) is 0.0829. The Morgan fingerprint density at radius 2 is 1.94 bits per heavy atom. The van der Waals surface area contributed by atoms with E-state index in [9.17, 15) is 4.79 Å². The van der Waals surface area contributed by atoms with Crippen molar-refractivity contribution in [1.29, 1.82) is 0 Å². The van der Waals surface area contributed by atoms with Gasteiger partial charge < -0.3 is 15.0 Å². The standard InChI is InChI=1S/C14H28N2O2/c1-14(2,3)15-8-5-13(17)16(4)11-12-6-9-18-10-7-12/h12,15H,5-11H2,1-4H3. The Kier molecular flexibility index (Phi) is 6.09. The summed E-state index contributed by atoms with van der Waals surface area (Å²) in [6, 6.07) is 0. The number of hydrogen-bond acceptors (Lipinski definition) is 3. The highest BCUT2D eigenvalue weighted by molar-refractivity contribution is 5.76. The molecule has 0 aromatic heterocycles. The molecule has 0 radical (unpaired) electrons. The van der Waals surface area contributed by atoms with Crippen molar-refractivity contribution >= 4 is 5.91 Å². The van der Waals surface area contributed by atoms with Crippen LogP contribution < -0.4 is 5.32 Å². The van der Waals surface area contributed by atoms with Crippen LogP contribution in [0.3, 0.4) is 0 Å². The minimum absolute atomic E-state index is 0.0829. The minimum Gasteiger partial charge on any atom is -0.381 e. The van der Waals surface area contributed by atoms with Crippen molar-refractivity contribution < 1.29 is 9.53 Å². The summed E-state index contributed by atoms with van der Waals surface area (Å²) in [6.45, 7) is 9.66. The summed E-state index contributed by atoms with van der Waals surface area (Å²) < 4.78 is 5.33. The number of ether oxygens (including phenoxy) is 1. The summed E-state index contributed by atoms with van der Waals surface area (Å²) in [5, 5.41) is 3.34. The van der Waals surface area contributed by atoms with Crippen LogP contribution in [-0.4, -0.2) is 49.7 Å². The van der Waals surface area contributed by atoms with Crippen molar-refractivity contribution in [3.8, 4) is 0 Å². The number of nitrogens with one attached hydrogen (secondary N) is 1. The molecule has 1 saturated heterocycles. The Bertz CT molecular complexity index is 255. The monoisotopic (exact) mass is 256 g/mol. The zero-order valence-corrected chi connectivity index (χ0v) is 12.3. The van der Waals surface area contributed by atoms with E-state index >= 15 is 0 Å². The lowest BCUT2D eigenvalue weighted by atomic mass is 10.00. The summed E-state index contributed by atoms with van der Waals surface area (Å²) in [5.74, 6) is 0.849. The van der Waals surface area contributed by atoms with Gasteiger partial charge in [0.15, 0.2) is 0 Å². The molecule has 0 unspecified atom stereocenters. The summed E-state index contributed by atoms with van der Waals surface area (Å²) >= 11 is 0. The van der Waals surface area contributed by atoms with Crippen LogP contribution in [0.1, 0.15) is 40.0 Å². The van der Waals surface area contributed by atoms with Gasteiger partial charge in [-0.25, -0.2) is 0 Å². The van der Waals surface area contributed by atoms with Gasteiger partial charge in [-0.15, -0.1) is 0 Å². The lowest BCUT2D eigenvalue weighted by molar-refractivity contribution is -0.130. The first-order chi connectivity index (χ1) is 8.38. The fraction of sp³-hybridized carbons (Fsp3) is 0.929. The zero-order valence-electron chi connectivity index (χ0n) is 12.3. The second-order valence-corrected chi connectivity index (χ2v) is 6.26. The third-order valence-electron chi connectivity index (χ3n) is 3.29. The molecule has 0 aromatic rings. The molecule has 1 aliphatic rings. The largest absolute Gasteiger partial charge is 0.381 e. The van der Waals surface area contributed by atoms with Crippen molar-refractivity contribution in [1.82, 2.24) is 10.2 Å². The first-order valence-corrected chi connectivity index (χ1v) is 6.95. The van der Waals surface area contributed by atoms with Crippen molar-refractivity contribution in [2.45, 2.75) is 45.6 Å². The number of rotatable bonds is 5. The quantitative estimate of drug-likeness (QED) is 0.813. The predicted molar refractivity (Wildman–Crippen MR) is 73.6 cm³/mol.